The second-order valence-electron chi connectivity index (χ2n) is 0.961. The van der Waals surface area contributed by atoms with Gasteiger partial charge in [0.1, 0.15) is 0 Å². The van der Waals surface area contributed by atoms with E-state index >= 15 is 0 Å². The van der Waals surface area contributed by atoms with E-state index in [9.17, 15) is 4.79 Å². The van der Waals surface area contributed by atoms with Gasteiger partial charge in [0.05, 0.1) is 0 Å². The normalized spacial score (nSPS) is 9.14. The van der Waals surface area contributed by atoms with Crippen LogP contribution in [0.15, 0.2) is 17.6 Å². The zero-order valence-corrected chi connectivity index (χ0v) is 4.00. The molecule has 1 amide bonds. The van der Waals surface area contributed by atoms with Gasteiger partial charge in [-0.25, -0.2) is 4.99 Å². The van der Waals surface area contributed by atoms with Crippen LogP contribution in [-0.2, 0) is 4.79 Å². The van der Waals surface area contributed by atoms with Crippen LogP contribution in [0.4, 0.5) is 0 Å². The zero-order chi connectivity index (χ0) is 5.54. The van der Waals surface area contributed by atoms with E-state index in [0.717, 1.165) is 0 Å². The molecule has 0 aromatic carbocycles. The van der Waals surface area contributed by atoms with Crippen molar-refractivity contribution in [1.82, 2.24) is 0 Å². The van der Waals surface area contributed by atoms with Crippen molar-refractivity contribution in [1.29, 1.82) is 0 Å². The molecular formula is C5H7NO. The molecule has 0 atom stereocenters. The fourth-order valence-electron chi connectivity index (χ4n) is 0.178. The molecule has 0 aromatic rings. The highest BCUT2D eigenvalue weighted by Crippen LogP contribution is 1.69. The number of amides is 1. The Kier molecular flexibility index (Phi) is 4.41. The lowest BCUT2D eigenvalue weighted by Gasteiger charge is -1.69. The average molecular weight is 97.1 g/mol. The minimum Gasteiger partial charge on any atom is -0.276 e. The zero-order valence-electron chi connectivity index (χ0n) is 4.00. The molecule has 2 heteroatoms. The van der Waals surface area contributed by atoms with Gasteiger partial charge in [-0.1, -0.05) is 6.08 Å². The molecule has 0 spiro atoms. The summed E-state index contributed by atoms with van der Waals surface area (Å²) in [5.74, 6) is 0. The van der Waals surface area contributed by atoms with E-state index in [2.05, 4.69) is 11.6 Å². The third-order valence-electron chi connectivity index (χ3n) is 0.438. The first kappa shape index (κ1) is 6.08. The summed E-state index contributed by atoms with van der Waals surface area (Å²) in [6.07, 6.45) is 4.34. The molecule has 0 N–H and O–H groups in total. The maximum Gasteiger partial charge on any atom is 0.232 e. The molecule has 0 saturated carbocycles. The first-order chi connectivity index (χ1) is 3.41. The van der Waals surface area contributed by atoms with Gasteiger partial charge in [0.15, 0.2) is 0 Å². The summed E-state index contributed by atoms with van der Waals surface area (Å²) < 4.78 is 0. The van der Waals surface area contributed by atoms with Crippen molar-refractivity contribution >= 4 is 12.6 Å². The summed E-state index contributed by atoms with van der Waals surface area (Å²) in [5, 5.41) is 0. The third-order valence-corrected chi connectivity index (χ3v) is 0.438. The number of nitrogens with zero attached hydrogens (tertiary/aromatic N) is 1. The highest BCUT2D eigenvalue weighted by molar-refractivity contribution is 5.70. The number of carbonyl (C=O) groups excluding carboxylic acids is 1. The van der Waals surface area contributed by atoms with Crippen LogP contribution in [0, 0.1) is 0 Å². The van der Waals surface area contributed by atoms with Crippen LogP contribution < -0.4 is 0 Å². The summed E-state index contributed by atoms with van der Waals surface area (Å²) in [5.41, 5.74) is 0. The molecule has 38 valence electrons. The number of carbonyl (C=O) groups is 1. The lowest BCUT2D eigenvalue weighted by atomic mass is 10.5. The van der Waals surface area contributed by atoms with Gasteiger partial charge in [0, 0.05) is 12.6 Å². The number of hydrogen-bond acceptors (Lipinski definition) is 1. The van der Waals surface area contributed by atoms with Crippen LogP contribution in [0.2, 0.25) is 0 Å². The highest BCUT2D eigenvalue weighted by atomic mass is 16.1. The lowest BCUT2D eigenvalue weighted by Crippen LogP contribution is -1.67. The molecule has 0 fully saturated rings. The van der Waals surface area contributed by atoms with Crippen molar-refractivity contribution in [3.63, 3.8) is 0 Å². The van der Waals surface area contributed by atoms with Crippen LogP contribution >= 0.6 is 0 Å². The SMILES string of the molecule is C=CCC=NC=O. The van der Waals surface area contributed by atoms with Gasteiger partial charge in [0.25, 0.3) is 0 Å². The summed E-state index contributed by atoms with van der Waals surface area (Å²) in [6.45, 7) is 3.43. The predicted molar refractivity (Wildman–Crippen MR) is 29.4 cm³/mol. The molecule has 0 aliphatic heterocycles. The van der Waals surface area contributed by atoms with Gasteiger partial charge in [-0.05, 0) is 0 Å². The lowest BCUT2D eigenvalue weighted by molar-refractivity contribution is -0.106. The minimum atomic E-state index is 0.503. The Morgan fingerprint density at radius 1 is 1.71 bits per heavy atom. The van der Waals surface area contributed by atoms with Crippen LogP contribution in [0.3, 0.4) is 0 Å². The minimum absolute atomic E-state index is 0.503. The molecule has 0 saturated heterocycles. The van der Waals surface area contributed by atoms with Gasteiger partial charge >= 0.3 is 0 Å². The molecule has 0 radical (unpaired) electrons. The second kappa shape index (κ2) is 5.08. The fraction of sp³-hybridized carbons (Fsp3) is 0.200. The number of rotatable bonds is 3. The first-order valence-corrected chi connectivity index (χ1v) is 1.98. The Labute approximate surface area is 42.6 Å². The molecule has 0 aliphatic rings. The van der Waals surface area contributed by atoms with Gasteiger partial charge in [-0.3, -0.25) is 4.79 Å². The van der Waals surface area contributed by atoms with Crippen molar-refractivity contribution in [2.24, 2.45) is 4.99 Å². The van der Waals surface area contributed by atoms with Gasteiger partial charge in [0.2, 0.25) is 6.41 Å². The number of hydrogen-bond donors (Lipinski definition) is 0. The molecular weight excluding hydrogens is 90.1 g/mol. The monoisotopic (exact) mass is 97.1 g/mol. The standard InChI is InChI=1S/C5H7NO/c1-2-3-4-6-5-7/h2,4-5H,1,3H2. The average Bonchev–Trinajstić information content (AvgIpc) is 1.69. The van der Waals surface area contributed by atoms with Crippen molar-refractivity contribution in [2.75, 3.05) is 0 Å². The highest BCUT2D eigenvalue weighted by Gasteiger charge is 1.63. The molecule has 0 aliphatic carbocycles. The predicted octanol–water partition coefficient (Wildman–Crippen LogP) is 0.790. The number of aliphatic imine (C=N–C) groups is 1. The van der Waals surface area contributed by atoms with Crippen LogP contribution in [0.1, 0.15) is 6.42 Å². The largest absolute Gasteiger partial charge is 0.276 e. The van der Waals surface area contributed by atoms with E-state index in [-0.39, 0.29) is 0 Å². The van der Waals surface area contributed by atoms with Gasteiger partial charge in [-0.2, -0.15) is 0 Å². The Morgan fingerprint density at radius 3 is 2.86 bits per heavy atom. The van der Waals surface area contributed by atoms with E-state index in [1.165, 1.54) is 6.21 Å². The van der Waals surface area contributed by atoms with E-state index < -0.39 is 0 Å². The Hall–Kier alpha value is -0.920. The summed E-state index contributed by atoms with van der Waals surface area (Å²) in [7, 11) is 0. The molecule has 0 heterocycles. The van der Waals surface area contributed by atoms with E-state index in [0.29, 0.717) is 12.8 Å². The summed E-state index contributed by atoms with van der Waals surface area (Å²) in [6, 6.07) is 0. The Bertz CT molecular complexity index is 86.1. The van der Waals surface area contributed by atoms with E-state index in [4.69, 9.17) is 0 Å². The number of allylic oxidation sites excluding steroid dienone is 1. The van der Waals surface area contributed by atoms with Gasteiger partial charge < -0.3 is 0 Å². The Balaban J connectivity index is 3.08. The van der Waals surface area contributed by atoms with Crippen molar-refractivity contribution in [3.05, 3.63) is 12.7 Å². The van der Waals surface area contributed by atoms with Crippen LogP contribution in [-0.4, -0.2) is 12.6 Å². The van der Waals surface area contributed by atoms with Crippen LogP contribution in [0.25, 0.3) is 0 Å². The summed E-state index contributed by atoms with van der Waals surface area (Å²) in [4.78, 5) is 12.7. The second-order valence-corrected chi connectivity index (χ2v) is 0.961. The fourth-order valence-corrected chi connectivity index (χ4v) is 0.178. The van der Waals surface area contributed by atoms with Crippen molar-refractivity contribution < 1.29 is 4.79 Å². The first-order valence-electron chi connectivity index (χ1n) is 1.98. The molecule has 7 heavy (non-hydrogen) atoms. The quantitative estimate of drug-likeness (QED) is 0.291. The Morgan fingerprint density at radius 2 is 2.43 bits per heavy atom. The molecule has 0 unspecified atom stereocenters. The third kappa shape index (κ3) is 5.08. The van der Waals surface area contributed by atoms with Gasteiger partial charge in [-0.15, -0.1) is 6.58 Å². The molecule has 0 rings (SSSR count). The van der Waals surface area contributed by atoms with Crippen LogP contribution in [0.5, 0.6) is 0 Å². The van der Waals surface area contributed by atoms with E-state index in [1.54, 1.807) is 6.08 Å². The summed E-state index contributed by atoms with van der Waals surface area (Å²) >= 11 is 0. The maximum atomic E-state index is 9.45. The molecule has 0 aromatic heterocycles. The smallest absolute Gasteiger partial charge is 0.232 e. The topological polar surface area (TPSA) is 29.4 Å². The maximum absolute atomic E-state index is 9.45. The van der Waals surface area contributed by atoms with E-state index in [1.807, 2.05) is 0 Å². The van der Waals surface area contributed by atoms with Crippen molar-refractivity contribution in [2.45, 2.75) is 6.42 Å². The molecule has 0 bridgehead atoms. The molecule has 2 nitrogen and oxygen atoms in total. The van der Waals surface area contributed by atoms with Crippen molar-refractivity contribution in [3.8, 4) is 0 Å².